The number of nitrogens with zero attached hydrogens (tertiary/aromatic N) is 2. The van der Waals surface area contributed by atoms with E-state index in [-0.39, 0.29) is 5.91 Å². The third-order valence-electron chi connectivity index (χ3n) is 2.24. The lowest BCUT2D eigenvalue weighted by molar-refractivity contribution is 0.102. The molecule has 0 fully saturated rings. The molecule has 0 bridgehead atoms. The van der Waals surface area contributed by atoms with Gasteiger partial charge in [0, 0.05) is 12.4 Å². The van der Waals surface area contributed by atoms with Crippen LogP contribution >= 0.6 is 11.6 Å². The number of amides is 1. The van der Waals surface area contributed by atoms with E-state index in [9.17, 15) is 4.79 Å². The summed E-state index contributed by atoms with van der Waals surface area (Å²) < 4.78 is 5.06. The molecule has 0 atom stereocenters. The van der Waals surface area contributed by atoms with Gasteiger partial charge in [0.15, 0.2) is 5.82 Å². The highest BCUT2D eigenvalue weighted by Crippen LogP contribution is 2.21. The van der Waals surface area contributed by atoms with E-state index in [0.717, 1.165) is 0 Å². The van der Waals surface area contributed by atoms with Crippen LogP contribution in [0, 0.1) is 0 Å². The Balaban J connectivity index is 2.25. The Morgan fingerprint density at radius 2 is 2.22 bits per heavy atom. The average Bonchev–Trinajstić information content (AvgIpc) is 2.41. The third kappa shape index (κ3) is 2.57. The summed E-state index contributed by atoms with van der Waals surface area (Å²) in [6, 6.07) is 4.89. The molecule has 0 radical (unpaired) electrons. The predicted molar refractivity (Wildman–Crippen MR) is 68.0 cm³/mol. The highest BCUT2D eigenvalue weighted by atomic mass is 35.5. The molecule has 2 heterocycles. The van der Waals surface area contributed by atoms with Gasteiger partial charge in [-0.25, -0.2) is 4.98 Å². The zero-order valence-corrected chi connectivity index (χ0v) is 10.3. The number of ether oxygens (including phenoxy) is 1. The van der Waals surface area contributed by atoms with Crippen molar-refractivity contribution in [2.75, 3.05) is 12.4 Å². The molecule has 2 aromatic heterocycles. The molecule has 1 N–H and O–H groups in total. The smallest absolute Gasteiger partial charge is 0.260 e. The van der Waals surface area contributed by atoms with Crippen molar-refractivity contribution in [3.05, 3.63) is 47.4 Å². The summed E-state index contributed by atoms with van der Waals surface area (Å²) in [5.41, 5.74) is 0.370. The SMILES string of the molecule is COc1cnccc1C(=O)Nc1ncccc1Cl. The Morgan fingerprint density at radius 3 is 2.94 bits per heavy atom. The fraction of sp³-hybridized carbons (Fsp3) is 0.0833. The molecular weight excluding hydrogens is 254 g/mol. The van der Waals surface area contributed by atoms with E-state index in [0.29, 0.717) is 22.2 Å². The van der Waals surface area contributed by atoms with Crippen LogP contribution in [0.3, 0.4) is 0 Å². The third-order valence-corrected chi connectivity index (χ3v) is 2.54. The Bertz CT molecular complexity index is 575. The highest BCUT2D eigenvalue weighted by Gasteiger charge is 2.13. The maximum absolute atomic E-state index is 12.0. The Kier molecular flexibility index (Phi) is 3.74. The largest absolute Gasteiger partial charge is 0.494 e. The number of halogens is 1. The number of carbonyl (C=O) groups excluding carboxylic acids is 1. The van der Waals surface area contributed by atoms with E-state index in [1.807, 2.05) is 0 Å². The number of rotatable bonds is 3. The summed E-state index contributed by atoms with van der Waals surface area (Å²) in [6.45, 7) is 0. The van der Waals surface area contributed by atoms with E-state index in [4.69, 9.17) is 16.3 Å². The predicted octanol–water partition coefficient (Wildman–Crippen LogP) is 2.39. The minimum absolute atomic E-state index is 0.308. The first-order valence-corrected chi connectivity index (χ1v) is 5.50. The van der Waals surface area contributed by atoms with Crippen LogP contribution in [0.5, 0.6) is 5.75 Å². The number of carbonyl (C=O) groups is 1. The van der Waals surface area contributed by atoms with Crippen molar-refractivity contribution in [1.82, 2.24) is 9.97 Å². The summed E-state index contributed by atoms with van der Waals surface area (Å²) in [6.07, 6.45) is 4.53. The van der Waals surface area contributed by atoms with E-state index in [1.165, 1.54) is 19.5 Å². The molecule has 5 nitrogen and oxygen atoms in total. The van der Waals surface area contributed by atoms with Crippen LogP contribution in [0.25, 0.3) is 0 Å². The normalized spacial score (nSPS) is 9.89. The molecule has 92 valence electrons. The Hall–Kier alpha value is -2.14. The molecule has 6 heteroatoms. The molecular formula is C12H10ClN3O2. The number of hydrogen-bond acceptors (Lipinski definition) is 4. The number of hydrogen-bond donors (Lipinski definition) is 1. The van der Waals surface area contributed by atoms with Gasteiger partial charge in [0.25, 0.3) is 5.91 Å². The number of pyridine rings is 2. The van der Waals surface area contributed by atoms with Gasteiger partial charge in [0.1, 0.15) is 5.75 Å². The second-order valence-corrected chi connectivity index (χ2v) is 3.77. The van der Waals surface area contributed by atoms with E-state index >= 15 is 0 Å². The van der Waals surface area contributed by atoms with Gasteiger partial charge in [-0.2, -0.15) is 0 Å². The van der Waals surface area contributed by atoms with E-state index in [1.54, 1.807) is 24.4 Å². The molecule has 0 aliphatic carbocycles. The molecule has 0 aromatic carbocycles. The van der Waals surface area contributed by atoms with Gasteiger partial charge in [-0.3, -0.25) is 9.78 Å². The molecule has 0 aliphatic rings. The van der Waals surface area contributed by atoms with Crippen molar-refractivity contribution in [2.24, 2.45) is 0 Å². The van der Waals surface area contributed by atoms with E-state index in [2.05, 4.69) is 15.3 Å². The van der Waals surface area contributed by atoms with Crippen LogP contribution < -0.4 is 10.1 Å². The molecule has 1 amide bonds. The van der Waals surface area contributed by atoms with Crippen molar-refractivity contribution < 1.29 is 9.53 Å². The summed E-state index contributed by atoms with van der Waals surface area (Å²) in [5, 5.41) is 2.99. The molecule has 0 saturated carbocycles. The quantitative estimate of drug-likeness (QED) is 0.923. The molecule has 18 heavy (non-hydrogen) atoms. The summed E-state index contributed by atoms with van der Waals surface area (Å²) in [4.78, 5) is 19.9. The first-order chi connectivity index (χ1) is 8.72. The van der Waals surface area contributed by atoms with Gasteiger partial charge in [-0.15, -0.1) is 0 Å². The number of anilines is 1. The van der Waals surface area contributed by atoms with Crippen molar-refractivity contribution in [1.29, 1.82) is 0 Å². The molecule has 2 aromatic rings. The van der Waals surface area contributed by atoms with Gasteiger partial charge in [-0.05, 0) is 18.2 Å². The fourth-order valence-corrected chi connectivity index (χ4v) is 1.55. The standard InChI is InChI=1S/C12H10ClN3O2/c1-18-10-7-14-6-4-8(10)12(17)16-11-9(13)3-2-5-15-11/h2-7H,1H3,(H,15,16,17). The van der Waals surface area contributed by atoms with Crippen LogP contribution in [0.15, 0.2) is 36.8 Å². The second kappa shape index (κ2) is 5.46. The average molecular weight is 264 g/mol. The van der Waals surface area contributed by atoms with Crippen LogP contribution in [0.1, 0.15) is 10.4 Å². The summed E-state index contributed by atoms with van der Waals surface area (Å²) >= 11 is 5.91. The molecule has 0 spiro atoms. The summed E-state index contributed by atoms with van der Waals surface area (Å²) in [7, 11) is 1.47. The molecule has 0 unspecified atom stereocenters. The number of nitrogens with one attached hydrogen (secondary N) is 1. The Morgan fingerprint density at radius 1 is 1.39 bits per heavy atom. The zero-order chi connectivity index (χ0) is 13.0. The number of aromatic nitrogens is 2. The maximum Gasteiger partial charge on any atom is 0.260 e. The van der Waals surface area contributed by atoms with Gasteiger partial charge < -0.3 is 10.1 Å². The molecule has 2 rings (SSSR count). The van der Waals surface area contributed by atoms with Crippen molar-refractivity contribution in [3.8, 4) is 5.75 Å². The lowest BCUT2D eigenvalue weighted by atomic mass is 10.2. The maximum atomic E-state index is 12.0. The highest BCUT2D eigenvalue weighted by molar-refractivity contribution is 6.33. The lowest BCUT2D eigenvalue weighted by Crippen LogP contribution is -2.14. The second-order valence-electron chi connectivity index (χ2n) is 3.36. The van der Waals surface area contributed by atoms with Gasteiger partial charge in [-0.1, -0.05) is 11.6 Å². The first kappa shape index (κ1) is 12.3. The lowest BCUT2D eigenvalue weighted by Gasteiger charge is -2.08. The first-order valence-electron chi connectivity index (χ1n) is 5.12. The molecule has 0 aliphatic heterocycles. The van der Waals surface area contributed by atoms with Crippen LogP contribution in [0.2, 0.25) is 5.02 Å². The van der Waals surface area contributed by atoms with E-state index < -0.39 is 0 Å². The minimum Gasteiger partial charge on any atom is -0.494 e. The monoisotopic (exact) mass is 263 g/mol. The van der Waals surface area contributed by atoms with Crippen molar-refractivity contribution in [2.45, 2.75) is 0 Å². The topological polar surface area (TPSA) is 64.1 Å². The Labute approximate surface area is 109 Å². The van der Waals surface area contributed by atoms with Crippen molar-refractivity contribution >= 4 is 23.3 Å². The number of methoxy groups -OCH3 is 1. The van der Waals surface area contributed by atoms with Crippen molar-refractivity contribution in [3.63, 3.8) is 0 Å². The fourth-order valence-electron chi connectivity index (χ4n) is 1.38. The van der Waals surface area contributed by atoms with Gasteiger partial charge >= 0.3 is 0 Å². The molecule has 0 saturated heterocycles. The van der Waals surface area contributed by atoms with Crippen LogP contribution in [-0.2, 0) is 0 Å². The van der Waals surface area contributed by atoms with Crippen LogP contribution in [0.4, 0.5) is 5.82 Å². The summed E-state index contributed by atoms with van der Waals surface area (Å²) in [5.74, 6) is 0.347. The van der Waals surface area contributed by atoms with Crippen LogP contribution in [-0.4, -0.2) is 23.0 Å². The van der Waals surface area contributed by atoms with Gasteiger partial charge in [0.2, 0.25) is 0 Å². The van der Waals surface area contributed by atoms with Gasteiger partial charge in [0.05, 0.1) is 23.9 Å². The minimum atomic E-state index is -0.352. The zero-order valence-electron chi connectivity index (χ0n) is 9.55.